The third-order valence-corrected chi connectivity index (χ3v) is 4.50. The van der Waals surface area contributed by atoms with E-state index in [1.54, 1.807) is 13.3 Å². The Morgan fingerprint density at radius 2 is 2.37 bits per heavy atom. The Hall–Kier alpha value is -0.880. The molecule has 1 aliphatic carbocycles. The molecular formula is C13H20BrN3O2. The molecule has 1 aromatic rings. The lowest BCUT2D eigenvalue weighted by atomic mass is 9.80. The van der Waals surface area contributed by atoms with Gasteiger partial charge in [-0.05, 0) is 41.6 Å². The van der Waals surface area contributed by atoms with Gasteiger partial charge in [0.15, 0.2) is 0 Å². The van der Waals surface area contributed by atoms with E-state index in [4.69, 9.17) is 4.74 Å². The minimum absolute atomic E-state index is 0.122. The molecule has 0 aromatic carbocycles. The van der Waals surface area contributed by atoms with Crippen molar-refractivity contribution in [1.82, 2.24) is 9.78 Å². The normalized spacial score (nSPS) is 17.0. The van der Waals surface area contributed by atoms with Crippen molar-refractivity contribution in [2.24, 2.45) is 5.92 Å². The summed E-state index contributed by atoms with van der Waals surface area (Å²) in [6, 6.07) is 0.376. The Morgan fingerprint density at radius 1 is 1.63 bits per heavy atom. The molecule has 0 spiro atoms. The number of hydrogen-bond donors (Lipinski definition) is 1. The molecule has 0 radical (unpaired) electrons. The van der Waals surface area contributed by atoms with Gasteiger partial charge in [-0.25, -0.2) is 4.68 Å². The Labute approximate surface area is 121 Å². The summed E-state index contributed by atoms with van der Waals surface area (Å²) in [7, 11) is 1.61. The summed E-state index contributed by atoms with van der Waals surface area (Å²) in [4.78, 5) is 12.1. The molecule has 0 amide bonds. The number of rotatable bonds is 6. The highest BCUT2D eigenvalue weighted by atomic mass is 79.9. The molecule has 106 valence electrons. The van der Waals surface area contributed by atoms with Crippen LogP contribution in [0.25, 0.3) is 0 Å². The molecule has 6 heteroatoms. The van der Waals surface area contributed by atoms with Gasteiger partial charge in [-0.2, -0.15) is 5.10 Å². The van der Waals surface area contributed by atoms with E-state index in [0.29, 0.717) is 29.6 Å². The molecule has 19 heavy (non-hydrogen) atoms. The first kappa shape index (κ1) is 14.5. The van der Waals surface area contributed by atoms with Crippen LogP contribution in [0.5, 0.6) is 0 Å². The number of aromatic nitrogens is 2. The van der Waals surface area contributed by atoms with Gasteiger partial charge in [-0.15, -0.1) is 0 Å². The average molecular weight is 330 g/mol. The van der Waals surface area contributed by atoms with Crippen molar-refractivity contribution in [2.75, 3.05) is 19.0 Å². The Balaban J connectivity index is 2.09. The lowest BCUT2D eigenvalue weighted by Gasteiger charge is -2.32. The summed E-state index contributed by atoms with van der Waals surface area (Å²) in [5.41, 5.74) is 0.654. The minimum Gasteiger partial charge on any atom is -0.383 e. The van der Waals surface area contributed by atoms with Crippen molar-refractivity contribution >= 4 is 21.6 Å². The SMILES string of the molecule is COCCn1ncc(NC(C)C2CCC2)c(Br)c1=O. The quantitative estimate of drug-likeness (QED) is 0.869. The van der Waals surface area contributed by atoms with Crippen molar-refractivity contribution in [2.45, 2.75) is 38.8 Å². The molecule has 0 bridgehead atoms. The molecule has 1 fully saturated rings. The van der Waals surface area contributed by atoms with Crippen LogP contribution in [0.15, 0.2) is 15.5 Å². The molecule has 1 aromatic heterocycles. The zero-order valence-corrected chi connectivity index (χ0v) is 12.9. The molecule has 5 nitrogen and oxygen atoms in total. The fourth-order valence-corrected chi connectivity index (χ4v) is 2.63. The number of methoxy groups -OCH3 is 1. The smallest absolute Gasteiger partial charge is 0.283 e. The van der Waals surface area contributed by atoms with E-state index in [9.17, 15) is 4.79 Å². The first-order valence-corrected chi connectivity index (χ1v) is 7.44. The molecule has 0 aliphatic heterocycles. The largest absolute Gasteiger partial charge is 0.383 e. The highest BCUT2D eigenvalue weighted by molar-refractivity contribution is 9.10. The van der Waals surface area contributed by atoms with E-state index < -0.39 is 0 Å². The maximum absolute atomic E-state index is 12.1. The number of anilines is 1. The average Bonchev–Trinajstić information content (AvgIpc) is 2.32. The van der Waals surface area contributed by atoms with Crippen LogP contribution < -0.4 is 10.9 Å². The highest BCUT2D eigenvalue weighted by Gasteiger charge is 2.24. The van der Waals surface area contributed by atoms with Crippen molar-refractivity contribution in [1.29, 1.82) is 0 Å². The lowest BCUT2D eigenvalue weighted by molar-refractivity contribution is 0.181. The standard InChI is InChI=1S/C13H20BrN3O2/c1-9(10-4-3-5-10)16-11-8-15-17(6-7-19-2)13(18)12(11)14/h8-10,16H,3-7H2,1-2H3. The van der Waals surface area contributed by atoms with Crippen LogP contribution in [0.2, 0.25) is 0 Å². The maximum atomic E-state index is 12.1. The third kappa shape index (κ3) is 3.36. The summed E-state index contributed by atoms with van der Waals surface area (Å²) in [6.45, 7) is 3.10. The summed E-state index contributed by atoms with van der Waals surface area (Å²) in [5.74, 6) is 0.711. The van der Waals surface area contributed by atoms with Crippen LogP contribution in [0.3, 0.4) is 0 Å². The Kier molecular flexibility index (Phi) is 4.99. The molecule has 0 saturated heterocycles. The molecule has 2 rings (SSSR count). The topological polar surface area (TPSA) is 56.1 Å². The monoisotopic (exact) mass is 329 g/mol. The molecule has 1 unspecified atom stereocenters. The third-order valence-electron chi connectivity index (χ3n) is 3.73. The van der Waals surface area contributed by atoms with Crippen LogP contribution in [0.4, 0.5) is 5.69 Å². The molecule has 1 atom stereocenters. The minimum atomic E-state index is -0.122. The van der Waals surface area contributed by atoms with Gasteiger partial charge in [0, 0.05) is 13.2 Å². The van der Waals surface area contributed by atoms with Crippen molar-refractivity contribution in [3.63, 3.8) is 0 Å². The second kappa shape index (κ2) is 6.52. The van der Waals surface area contributed by atoms with Crippen LogP contribution >= 0.6 is 15.9 Å². The van der Waals surface area contributed by atoms with Crippen LogP contribution in [0, 0.1) is 5.92 Å². The van der Waals surface area contributed by atoms with Crippen LogP contribution in [0.1, 0.15) is 26.2 Å². The fraction of sp³-hybridized carbons (Fsp3) is 0.692. The lowest BCUT2D eigenvalue weighted by Crippen LogP contribution is -2.32. The van der Waals surface area contributed by atoms with Crippen molar-refractivity contribution in [3.05, 3.63) is 21.0 Å². The number of ether oxygens (including phenoxy) is 1. The summed E-state index contributed by atoms with van der Waals surface area (Å²) in [6.07, 6.45) is 5.55. The van der Waals surface area contributed by atoms with Gasteiger partial charge >= 0.3 is 0 Å². The fourth-order valence-electron chi connectivity index (χ4n) is 2.21. The predicted octanol–water partition coefficient (Wildman–Crippen LogP) is 2.25. The number of nitrogens with zero attached hydrogens (tertiary/aromatic N) is 2. The molecule has 1 saturated carbocycles. The van der Waals surface area contributed by atoms with E-state index in [2.05, 4.69) is 33.3 Å². The highest BCUT2D eigenvalue weighted by Crippen LogP contribution is 2.31. The number of halogens is 1. The number of hydrogen-bond acceptors (Lipinski definition) is 4. The first-order valence-electron chi connectivity index (χ1n) is 6.64. The van der Waals surface area contributed by atoms with Gasteiger partial charge in [0.25, 0.3) is 5.56 Å². The van der Waals surface area contributed by atoms with E-state index in [-0.39, 0.29) is 5.56 Å². The Bertz CT molecular complexity index is 485. The molecule has 1 N–H and O–H groups in total. The van der Waals surface area contributed by atoms with Gasteiger partial charge in [0.05, 0.1) is 25.0 Å². The zero-order chi connectivity index (χ0) is 13.8. The van der Waals surface area contributed by atoms with Gasteiger partial charge < -0.3 is 10.1 Å². The van der Waals surface area contributed by atoms with Gasteiger partial charge in [0.2, 0.25) is 0 Å². The number of nitrogens with one attached hydrogen (secondary N) is 1. The summed E-state index contributed by atoms with van der Waals surface area (Å²) in [5, 5.41) is 7.55. The van der Waals surface area contributed by atoms with Gasteiger partial charge in [-0.3, -0.25) is 4.79 Å². The van der Waals surface area contributed by atoms with E-state index >= 15 is 0 Å². The Morgan fingerprint density at radius 3 is 2.95 bits per heavy atom. The second-order valence-electron chi connectivity index (χ2n) is 5.02. The molecule has 1 heterocycles. The van der Waals surface area contributed by atoms with E-state index in [1.807, 2.05) is 0 Å². The maximum Gasteiger partial charge on any atom is 0.283 e. The van der Waals surface area contributed by atoms with Crippen LogP contribution in [-0.2, 0) is 11.3 Å². The second-order valence-corrected chi connectivity index (χ2v) is 5.81. The van der Waals surface area contributed by atoms with Crippen LogP contribution in [-0.4, -0.2) is 29.5 Å². The van der Waals surface area contributed by atoms with Crippen molar-refractivity contribution in [3.8, 4) is 0 Å². The predicted molar refractivity (Wildman–Crippen MR) is 78.5 cm³/mol. The summed E-state index contributed by atoms with van der Waals surface area (Å²) < 4.78 is 6.91. The molecular weight excluding hydrogens is 310 g/mol. The van der Waals surface area contributed by atoms with Gasteiger partial charge in [-0.1, -0.05) is 6.42 Å². The zero-order valence-electron chi connectivity index (χ0n) is 11.4. The van der Waals surface area contributed by atoms with E-state index in [1.165, 1.54) is 23.9 Å². The summed E-state index contributed by atoms with van der Waals surface area (Å²) >= 11 is 3.36. The van der Waals surface area contributed by atoms with Crippen molar-refractivity contribution < 1.29 is 4.74 Å². The van der Waals surface area contributed by atoms with E-state index in [0.717, 1.165) is 5.69 Å². The first-order chi connectivity index (χ1) is 9.13. The van der Waals surface area contributed by atoms with Gasteiger partial charge in [0.1, 0.15) is 4.47 Å². The molecule has 1 aliphatic rings.